The van der Waals surface area contributed by atoms with Crippen molar-refractivity contribution in [2.45, 2.75) is 46.2 Å². The Bertz CT molecular complexity index is 219. The van der Waals surface area contributed by atoms with Crippen LogP contribution in [0.5, 0.6) is 0 Å². The fraction of sp³-hybridized carbons (Fsp3) is 0.917. The molecule has 0 aliphatic carbocycles. The number of carbonyl (C=O) groups excluding carboxylic acids is 1. The van der Waals surface area contributed by atoms with E-state index in [9.17, 15) is 4.79 Å². The van der Waals surface area contributed by atoms with Crippen LogP contribution in [-0.4, -0.2) is 49.2 Å². The number of esters is 1. The third kappa shape index (κ3) is 4.94. The number of rotatable bonds is 7. The summed E-state index contributed by atoms with van der Waals surface area (Å²) in [5, 5.41) is 3.29. The number of ether oxygens (including phenoxy) is 1. The Kier molecular flexibility index (Phi) is 6.60. The molecule has 0 aromatic heterocycles. The standard InChI is InChI=1S/C12H26N2O2/c1-7-14(6)9-12(5,13-10(3)4)11(15)16-8-2/h10,13H,7-9H2,1-6H3. The highest BCUT2D eigenvalue weighted by Crippen LogP contribution is 2.10. The molecule has 16 heavy (non-hydrogen) atoms. The Labute approximate surface area is 99.3 Å². The average molecular weight is 230 g/mol. The van der Waals surface area contributed by atoms with E-state index in [1.807, 2.05) is 34.7 Å². The van der Waals surface area contributed by atoms with Crippen molar-refractivity contribution < 1.29 is 9.53 Å². The molecule has 0 aliphatic heterocycles. The Morgan fingerprint density at radius 2 is 2.00 bits per heavy atom. The lowest BCUT2D eigenvalue weighted by atomic mass is 10.0. The summed E-state index contributed by atoms with van der Waals surface area (Å²) in [6.45, 7) is 11.8. The lowest BCUT2D eigenvalue weighted by molar-refractivity contribution is -0.151. The normalized spacial score (nSPS) is 15.2. The molecule has 0 aromatic rings. The topological polar surface area (TPSA) is 41.6 Å². The molecule has 0 saturated heterocycles. The Morgan fingerprint density at radius 3 is 2.38 bits per heavy atom. The number of nitrogens with zero attached hydrogens (tertiary/aromatic N) is 1. The van der Waals surface area contributed by atoms with Crippen molar-refractivity contribution in [2.75, 3.05) is 26.7 Å². The summed E-state index contributed by atoms with van der Waals surface area (Å²) < 4.78 is 5.13. The second-order valence-electron chi connectivity index (χ2n) is 4.68. The summed E-state index contributed by atoms with van der Waals surface area (Å²) in [5.41, 5.74) is -0.630. The molecule has 0 aromatic carbocycles. The van der Waals surface area contributed by atoms with Gasteiger partial charge in [0.1, 0.15) is 5.54 Å². The predicted molar refractivity (Wildman–Crippen MR) is 66.5 cm³/mol. The van der Waals surface area contributed by atoms with Crippen molar-refractivity contribution in [1.82, 2.24) is 10.2 Å². The van der Waals surface area contributed by atoms with E-state index in [1.165, 1.54) is 0 Å². The van der Waals surface area contributed by atoms with Gasteiger partial charge in [-0.05, 0) is 41.3 Å². The van der Waals surface area contributed by atoms with Gasteiger partial charge in [-0.15, -0.1) is 0 Å². The molecule has 0 rings (SSSR count). The zero-order valence-corrected chi connectivity index (χ0v) is 11.5. The first-order chi connectivity index (χ1) is 7.35. The zero-order chi connectivity index (χ0) is 12.8. The maximum atomic E-state index is 11.9. The maximum Gasteiger partial charge on any atom is 0.327 e. The molecule has 0 bridgehead atoms. The second kappa shape index (κ2) is 6.86. The molecule has 96 valence electrons. The van der Waals surface area contributed by atoms with Crippen LogP contribution >= 0.6 is 0 Å². The van der Waals surface area contributed by atoms with Crippen molar-refractivity contribution in [2.24, 2.45) is 0 Å². The first-order valence-electron chi connectivity index (χ1n) is 5.99. The molecule has 0 spiro atoms. The summed E-state index contributed by atoms with van der Waals surface area (Å²) >= 11 is 0. The molecule has 1 atom stereocenters. The van der Waals surface area contributed by atoms with Crippen LogP contribution in [0.2, 0.25) is 0 Å². The monoisotopic (exact) mass is 230 g/mol. The number of hydrogen-bond donors (Lipinski definition) is 1. The van der Waals surface area contributed by atoms with Crippen LogP contribution in [0.25, 0.3) is 0 Å². The molecule has 0 amide bonds. The highest BCUT2D eigenvalue weighted by molar-refractivity contribution is 5.80. The van der Waals surface area contributed by atoms with E-state index in [2.05, 4.69) is 17.1 Å². The minimum atomic E-state index is -0.630. The molecule has 1 unspecified atom stereocenters. The van der Waals surface area contributed by atoms with Gasteiger partial charge in [0.2, 0.25) is 0 Å². The van der Waals surface area contributed by atoms with Gasteiger partial charge in [-0.3, -0.25) is 10.1 Å². The third-order valence-corrected chi connectivity index (χ3v) is 2.46. The SMILES string of the molecule is CCOC(=O)C(C)(CN(C)CC)NC(C)C. The fourth-order valence-corrected chi connectivity index (χ4v) is 1.75. The number of hydrogen-bond acceptors (Lipinski definition) is 4. The average Bonchev–Trinajstić information content (AvgIpc) is 2.16. The molecule has 0 aliphatic rings. The van der Waals surface area contributed by atoms with Crippen molar-refractivity contribution in [3.8, 4) is 0 Å². The summed E-state index contributed by atoms with van der Waals surface area (Å²) in [4.78, 5) is 14.0. The third-order valence-electron chi connectivity index (χ3n) is 2.46. The molecule has 0 saturated carbocycles. The van der Waals surface area contributed by atoms with Gasteiger partial charge in [0, 0.05) is 12.6 Å². The quantitative estimate of drug-likeness (QED) is 0.669. The van der Waals surface area contributed by atoms with Crippen molar-refractivity contribution in [3.05, 3.63) is 0 Å². The van der Waals surface area contributed by atoms with E-state index in [4.69, 9.17) is 4.74 Å². The molecule has 4 nitrogen and oxygen atoms in total. The van der Waals surface area contributed by atoms with Gasteiger partial charge in [-0.25, -0.2) is 0 Å². The first-order valence-corrected chi connectivity index (χ1v) is 5.99. The van der Waals surface area contributed by atoms with E-state index >= 15 is 0 Å². The fourth-order valence-electron chi connectivity index (χ4n) is 1.75. The minimum absolute atomic E-state index is 0.177. The molecule has 4 heteroatoms. The number of likely N-dealkylation sites (N-methyl/N-ethyl adjacent to an activating group) is 1. The summed E-state index contributed by atoms with van der Waals surface area (Å²) in [5.74, 6) is -0.177. The van der Waals surface area contributed by atoms with Gasteiger partial charge >= 0.3 is 5.97 Å². The lowest BCUT2D eigenvalue weighted by Gasteiger charge is -2.33. The van der Waals surface area contributed by atoms with Crippen LogP contribution in [0.15, 0.2) is 0 Å². The maximum absolute atomic E-state index is 11.9. The molecular formula is C12H26N2O2. The van der Waals surface area contributed by atoms with Crippen LogP contribution in [0.4, 0.5) is 0 Å². The number of nitrogens with one attached hydrogen (secondary N) is 1. The van der Waals surface area contributed by atoms with E-state index in [-0.39, 0.29) is 12.0 Å². The van der Waals surface area contributed by atoms with Crippen LogP contribution in [-0.2, 0) is 9.53 Å². The van der Waals surface area contributed by atoms with E-state index in [1.54, 1.807) is 0 Å². The van der Waals surface area contributed by atoms with Gasteiger partial charge < -0.3 is 9.64 Å². The Hall–Kier alpha value is -0.610. The Balaban J connectivity index is 4.66. The molecule has 0 radical (unpaired) electrons. The van der Waals surface area contributed by atoms with Crippen molar-refractivity contribution in [1.29, 1.82) is 0 Å². The molecular weight excluding hydrogens is 204 g/mol. The second-order valence-corrected chi connectivity index (χ2v) is 4.68. The molecule has 0 fully saturated rings. The highest BCUT2D eigenvalue weighted by Gasteiger charge is 2.35. The smallest absolute Gasteiger partial charge is 0.327 e. The predicted octanol–water partition coefficient (Wildman–Crippen LogP) is 1.26. The van der Waals surface area contributed by atoms with E-state index < -0.39 is 5.54 Å². The number of carbonyl (C=O) groups is 1. The highest BCUT2D eigenvalue weighted by atomic mass is 16.5. The zero-order valence-electron chi connectivity index (χ0n) is 11.5. The van der Waals surface area contributed by atoms with Gasteiger partial charge in [0.25, 0.3) is 0 Å². The molecule has 1 N–H and O–H groups in total. The van der Waals surface area contributed by atoms with Crippen LogP contribution in [0.3, 0.4) is 0 Å². The van der Waals surface area contributed by atoms with Crippen molar-refractivity contribution >= 4 is 5.97 Å². The largest absolute Gasteiger partial charge is 0.465 e. The van der Waals surface area contributed by atoms with E-state index in [0.717, 1.165) is 6.54 Å². The minimum Gasteiger partial charge on any atom is -0.465 e. The lowest BCUT2D eigenvalue weighted by Crippen LogP contribution is -2.59. The van der Waals surface area contributed by atoms with Gasteiger partial charge in [0.05, 0.1) is 6.61 Å². The first kappa shape index (κ1) is 15.4. The van der Waals surface area contributed by atoms with Crippen molar-refractivity contribution in [3.63, 3.8) is 0 Å². The Morgan fingerprint density at radius 1 is 1.44 bits per heavy atom. The van der Waals surface area contributed by atoms with Gasteiger partial charge in [-0.1, -0.05) is 6.92 Å². The summed E-state index contributed by atoms with van der Waals surface area (Å²) in [6, 6.07) is 0.250. The summed E-state index contributed by atoms with van der Waals surface area (Å²) in [7, 11) is 2.00. The summed E-state index contributed by atoms with van der Waals surface area (Å²) in [6.07, 6.45) is 0. The van der Waals surface area contributed by atoms with Gasteiger partial charge in [0.15, 0.2) is 0 Å². The van der Waals surface area contributed by atoms with Crippen LogP contribution in [0, 0.1) is 0 Å². The van der Waals surface area contributed by atoms with Gasteiger partial charge in [-0.2, -0.15) is 0 Å². The van der Waals surface area contributed by atoms with Crippen LogP contribution < -0.4 is 5.32 Å². The van der Waals surface area contributed by atoms with Crippen LogP contribution in [0.1, 0.15) is 34.6 Å². The van der Waals surface area contributed by atoms with E-state index in [0.29, 0.717) is 13.2 Å². The molecule has 0 heterocycles.